The molecular formula is C50H89O11P. The smallest absolute Gasteiger partial charge is 0.462 e. The molecule has 0 heterocycles. The van der Waals surface area contributed by atoms with Crippen molar-refractivity contribution in [3.63, 3.8) is 0 Å². The third kappa shape index (κ3) is 42.7. The zero-order valence-electron chi connectivity index (χ0n) is 39.3. The molecule has 12 heteroatoms. The van der Waals surface area contributed by atoms with E-state index in [2.05, 4.69) is 69.4 Å². The minimum atomic E-state index is -4.73. The van der Waals surface area contributed by atoms with Crippen molar-refractivity contribution in [2.75, 3.05) is 26.4 Å². The van der Waals surface area contributed by atoms with E-state index >= 15 is 0 Å². The van der Waals surface area contributed by atoms with E-state index in [-0.39, 0.29) is 25.9 Å². The second-order valence-corrected chi connectivity index (χ2v) is 17.7. The van der Waals surface area contributed by atoms with Crippen LogP contribution in [0.2, 0.25) is 0 Å². The van der Waals surface area contributed by atoms with Crippen LogP contribution >= 0.6 is 7.82 Å². The Balaban J connectivity index is 4.72. The maximum Gasteiger partial charge on any atom is 0.472 e. The number of hydrogen-bond donors (Lipinski definition) is 2. The van der Waals surface area contributed by atoms with Gasteiger partial charge in [-0.15, -0.1) is 0 Å². The molecule has 3 atom stereocenters. The third-order valence-corrected chi connectivity index (χ3v) is 11.2. The van der Waals surface area contributed by atoms with Gasteiger partial charge in [0.2, 0.25) is 0 Å². The minimum Gasteiger partial charge on any atom is -0.462 e. The van der Waals surface area contributed by atoms with Crippen LogP contribution in [-0.2, 0) is 42.2 Å². The van der Waals surface area contributed by atoms with E-state index in [0.717, 1.165) is 89.9 Å². The summed E-state index contributed by atoms with van der Waals surface area (Å²) in [5.41, 5.74) is 0. The molecule has 0 aliphatic carbocycles. The number of esters is 3. The van der Waals surface area contributed by atoms with Gasteiger partial charge in [0.1, 0.15) is 12.7 Å². The third-order valence-electron chi connectivity index (χ3n) is 10.3. The average molecular weight is 897 g/mol. The summed E-state index contributed by atoms with van der Waals surface area (Å²) < 4.78 is 39.1. The number of ether oxygens (including phenoxy) is 3. The fourth-order valence-electron chi connectivity index (χ4n) is 6.52. The Labute approximate surface area is 377 Å². The fourth-order valence-corrected chi connectivity index (χ4v) is 7.31. The molecule has 0 aromatic carbocycles. The fraction of sp³-hybridized carbons (Fsp3) is 0.780. The first-order chi connectivity index (χ1) is 30.2. The predicted molar refractivity (Wildman–Crippen MR) is 252 cm³/mol. The summed E-state index contributed by atoms with van der Waals surface area (Å²) in [5.74, 6) is -1.49. The number of hydrogen-bond acceptors (Lipinski definition) is 10. The molecule has 0 saturated carbocycles. The molecule has 360 valence electrons. The van der Waals surface area contributed by atoms with Crippen LogP contribution < -0.4 is 0 Å². The second-order valence-electron chi connectivity index (χ2n) is 16.3. The molecule has 0 bridgehead atoms. The number of unbranched alkanes of at least 4 members (excludes halogenated alkanes) is 20. The van der Waals surface area contributed by atoms with E-state index in [1.807, 2.05) is 0 Å². The molecule has 62 heavy (non-hydrogen) atoms. The van der Waals surface area contributed by atoms with Gasteiger partial charge in [-0.3, -0.25) is 23.4 Å². The highest BCUT2D eigenvalue weighted by Gasteiger charge is 2.28. The maximum atomic E-state index is 12.8. The predicted octanol–water partition coefficient (Wildman–Crippen LogP) is 13.5. The van der Waals surface area contributed by atoms with Crippen molar-refractivity contribution in [2.45, 2.75) is 226 Å². The van der Waals surface area contributed by atoms with Gasteiger partial charge < -0.3 is 24.2 Å². The van der Waals surface area contributed by atoms with Crippen LogP contribution in [0.3, 0.4) is 0 Å². The summed E-state index contributed by atoms with van der Waals surface area (Å²) in [6.45, 7) is 4.43. The number of aliphatic hydroxyl groups excluding tert-OH is 1. The molecule has 3 unspecified atom stereocenters. The normalized spacial score (nSPS) is 14.0. The molecular weight excluding hydrogens is 808 g/mol. The highest BCUT2D eigenvalue weighted by molar-refractivity contribution is 7.47. The van der Waals surface area contributed by atoms with Crippen LogP contribution in [-0.4, -0.2) is 66.5 Å². The van der Waals surface area contributed by atoms with E-state index in [9.17, 15) is 28.9 Å². The number of carbonyl (C=O) groups excluding carboxylic acids is 3. The van der Waals surface area contributed by atoms with Crippen molar-refractivity contribution in [2.24, 2.45) is 0 Å². The summed E-state index contributed by atoms with van der Waals surface area (Å²) >= 11 is 0. The lowest BCUT2D eigenvalue weighted by Gasteiger charge is -2.21. The van der Waals surface area contributed by atoms with Gasteiger partial charge in [0, 0.05) is 19.3 Å². The quantitative estimate of drug-likeness (QED) is 0.0197. The van der Waals surface area contributed by atoms with E-state index in [0.29, 0.717) is 19.3 Å². The molecule has 0 aromatic rings. The lowest BCUT2D eigenvalue weighted by molar-refractivity contribution is -0.161. The zero-order valence-corrected chi connectivity index (χ0v) is 40.2. The Kier molecular flexibility index (Phi) is 43.2. The molecule has 0 aliphatic heterocycles. The minimum absolute atomic E-state index is 0.164. The first-order valence-corrected chi connectivity index (χ1v) is 26.0. The van der Waals surface area contributed by atoms with E-state index in [4.69, 9.17) is 23.3 Å². The number of aliphatic hydroxyl groups is 1. The molecule has 0 radical (unpaired) electrons. The van der Waals surface area contributed by atoms with Crippen LogP contribution in [0.15, 0.2) is 48.6 Å². The van der Waals surface area contributed by atoms with E-state index in [1.54, 1.807) is 0 Å². The van der Waals surface area contributed by atoms with Crippen LogP contribution in [0, 0.1) is 0 Å². The Hall–Kier alpha value is -2.56. The summed E-state index contributed by atoms with van der Waals surface area (Å²) in [4.78, 5) is 48.0. The summed E-state index contributed by atoms with van der Waals surface area (Å²) in [6.07, 6.45) is 43.9. The van der Waals surface area contributed by atoms with Gasteiger partial charge in [-0.1, -0.05) is 185 Å². The first kappa shape index (κ1) is 59.4. The molecule has 0 saturated heterocycles. The summed E-state index contributed by atoms with van der Waals surface area (Å²) in [7, 11) is -4.73. The highest BCUT2D eigenvalue weighted by Crippen LogP contribution is 2.43. The molecule has 2 N–H and O–H groups in total. The lowest BCUT2D eigenvalue weighted by atomic mass is 10.1. The van der Waals surface area contributed by atoms with Gasteiger partial charge in [0.15, 0.2) is 6.10 Å². The molecule has 0 rings (SSSR count). The molecule has 0 aliphatic rings. The monoisotopic (exact) mass is 897 g/mol. The molecule has 0 fully saturated rings. The number of carbonyl (C=O) groups is 3. The number of rotatable bonds is 45. The molecule has 11 nitrogen and oxygen atoms in total. The van der Waals surface area contributed by atoms with Gasteiger partial charge >= 0.3 is 25.7 Å². The van der Waals surface area contributed by atoms with Crippen molar-refractivity contribution in [1.82, 2.24) is 0 Å². The summed E-state index contributed by atoms with van der Waals surface area (Å²) in [5, 5.41) is 9.71. The number of phosphoric acid groups is 1. The Morgan fingerprint density at radius 3 is 1.29 bits per heavy atom. The van der Waals surface area contributed by atoms with Crippen molar-refractivity contribution < 1.29 is 52.2 Å². The highest BCUT2D eigenvalue weighted by atomic mass is 31.2. The van der Waals surface area contributed by atoms with E-state index in [1.165, 1.54) is 64.2 Å². The largest absolute Gasteiger partial charge is 0.472 e. The SMILES string of the molecule is CC/C=C\C/C=C\C/C=C\C/C=C\CCCCCCC(=O)OCC(COP(=O)(O)OCC(CO)OC(=O)CCCCCCCCCCC)OC(=O)CCCCCCCCCCC. The van der Waals surface area contributed by atoms with Crippen LogP contribution in [0.4, 0.5) is 0 Å². The van der Waals surface area contributed by atoms with Crippen LogP contribution in [0.25, 0.3) is 0 Å². The van der Waals surface area contributed by atoms with Crippen molar-refractivity contribution >= 4 is 25.7 Å². The number of phosphoric ester groups is 1. The Bertz CT molecular complexity index is 1230. The van der Waals surface area contributed by atoms with Crippen LogP contribution in [0.5, 0.6) is 0 Å². The first-order valence-electron chi connectivity index (χ1n) is 24.5. The van der Waals surface area contributed by atoms with Gasteiger partial charge in [-0.25, -0.2) is 4.57 Å². The van der Waals surface area contributed by atoms with Crippen molar-refractivity contribution in [3.8, 4) is 0 Å². The molecule has 0 amide bonds. The van der Waals surface area contributed by atoms with Gasteiger partial charge in [0.05, 0.1) is 19.8 Å². The van der Waals surface area contributed by atoms with Crippen LogP contribution in [0.1, 0.15) is 213 Å². The lowest BCUT2D eigenvalue weighted by Crippen LogP contribution is -2.30. The molecule has 0 spiro atoms. The van der Waals surface area contributed by atoms with Gasteiger partial charge in [0.25, 0.3) is 0 Å². The Morgan fingerprint density at radius 1 is 0.468 bits per heavy atom. The zero-order chi connectivity index (χ0) is 45.6. The maximum absolute atomic E-state index is 12.8. The topological polar surface area (TPSA) is 155 Å². The van der Waals surface area contributed by atoms with Crippen molar-refractivity contribution in [3.05, 3.63) is 48.6 Å². The van der Waals surface area contributed by atoms with Gasteiger partial charge in [-0.05, 0) is 57.8 Å². The average Bonchev–Trinajstić information content (AvgIpc) is 3.25. The summed E-state index contributed by atoms with van der Waals surface area (Å²) in [6, 6.07) is 0. The second kappa shape index (κ2) is 45.0. The molecule has 0 aromatic heterocycles. The Morgan fingerprint density at radius 2 is 0.839 bits per heavy atom. The van der Waals surface area contributed by atoms with Gasteiger partial charge in [-0.2, -0.15) is 0 Å². The van der Waals surface area contributed by atoms with E-state index < -0.39 is 57.8 Å². The number of allylic oxidation sites excluding steroid dienone is 8. The standard InChI is InChI=1S/C50H89O11P/c1-4-7-10-13-16-19-20-21-22-23-24-25-26-29-30-33-36-39-48(52)57-43-47(61-50(54)41-38-35-32-28-18-15-12-9-6-3)45-59-62(55,56)58-44-46(42-51)60-49(53)40-37-34-31-27-17-14-11-8-5-2/h7,10,16,19,21-22,24-25,46-47,51H,4-6,8-9,11-15,17-18,20,23,26-45H2,1-3H3,(H,55,56)/b10-7-,19-16-,22-21-,25-24-. The van der Waals surface area contributed by atoms with Crippen molar-refractivity contribution in [1.29, 1.82) is 0 Å².